The third kappa shape index (κ3) is 2.21. The molecular formula is C12H15N3O. The predicted molar refractivity (Wildman–Crippen MR) is 63.3 cm³/mol. The SMILES string of the molecule is CCCNc1ncc(C)c(-c2ccco2)n1. The van der Waals surface area contributed by atoms with Gasteiger partial charge < -0.3 is 9.73 Å². The fourth-order valence-corrected chi connectivity index (χ4v) is 1.43. The van der Waals surface area contributed by atoms with E-state index in [1.54, 1.807) is 6.26 Å². The van der Waals surface area contributed by atoms with Crippen molar-refractivity contribution >= 4 is 5.95 Å². The lowest BCUT2D eigenvalue weighted by Gasteiger charge is -2.06. The standard InChI is InChI=1S/C12H15N3O/c1-3-6-13-12-14-8-9(2)11(15-12)10-5-4-7-16-10/h4-5,7-8H,3,6H2,1-2H3,(H,13,14,15). The van der Waals surface area contributed by atoms with Crippen molar-refractivity contribution in [3.8, 4) is 11.5 Å². The van der Waals surface area contributed by atoms with Crippen LogP contribution in [0.5, 0.6) is 0 Å². The van der Waals surface area contributed by atoms with Crippen molar-refractivity contribution in [2.45, 2.75) is 20.3 Å². The van der Waals surface area contributed by atoms with Gasteiger partial charge in [-0.05, 0) is 31.0 Å². The van der Waals surface area contributed by atoms with E-state index in [1.807, 2.05) is 25.3 Å². The van der Waals surface area contributed by atoms with Gasteiger partial charge in [-0.3, -0.25) is 0 Å². The highest BCUT2D eigenvalue weighted by molar-refractivity contribution is 5.57. The summed E-state index contributed by atoms with van der Waals surface area (Å²) in [7, 11) is 0. The van der Waals surface area contributed by atoms with E-state index in [0.29, 0.717) is 5.95 Å². The van der Waals surface area contributed by atoms with E-state index in [-0.39, 0.29) is 0 Å². The number of hydrogen-bond donors (Lipinski definition) is 1. The van der Waals surface area contributed by atoms with Gasteiger partial charge in [-0.2, -0.15) is 0 Å². The lowest BCUT2D eigenvalue weighted by molar-refractivity contribution is 0.579. The smallest absolute Gasteiger partial charge is 0.223 e. The second-order valence-corrected chi connectivity index (χ2v) is 3.63. The first-order valence-corrected chi connectivity index (χ1v) is 5.42. The van der Waals surface area contributed by atoms with Crippen LogP contribution in [-0.2, 0) is 0 Å². The van der Waals surface area contributed by atoms with Gasteiger partial charge in [0.15, 0.2) is 5.76 Å². The van der Waals surface area contributed by atoms with E-state index >= 15 is 0 Å². The Morgan fingerprint density at radius 3 is 3.00 bits per heavy atom. The molecule has 4 nitrogen and oxygen atoms in total. The van der Waals surface area contributed by atoms with Crippen molar-refractivity contribution in [1.29, 1.82) is 0 Å². The molecule has 0 fully saturated rings. The first kappa shape index (κ1) is 10.7. The Bertz CT molecular complexity index is 451. The van der Waals surface area contributed by atoms with Crippen LogP contribution in [-0.4, -0.2) is 16.5 Å². The summed E-state index contributed by atoms with van der Waals surface area (Å²) in [6, 6.07) is 3.76. The molecule has 4 heteroatoms. The lowest BCUT2D eigenvalue weighted by Crippen LogP contribution is -2.05. The largest absolute Gasteiger partial charge is 0.463 e. The third-order valence-corrected chi connectivity index (χ3v) is 2.26. The maximum atomic E-state index is 5.34. The maximum Gasteiger partial charge on any atom is 0.223 e. The molecule has 2 aromatic heterocycles. The van der Waals surface area contributed by atoms with Gasteiger partial charge in [0.25, 0.3) is 0 Å². The highest BCUT2D eigenvalue weighted by Gasteiger charge is 2.08. The topological polar surface area (TPSA) is 51.0 Å². The zero-order valence-electron chi connectivity index (χ0n) is 9.53. The molecule has 16 heavy (non-hydrogen) atoms. The van der Waals surface area contributed by atoms with Crippen molar-refractivity contribution in [3.63, 3.8) is 0 Å². The lowest BCUT2D eigenvalue weighted by atomic mass is 10.2. The molecule has 0 aromatic carbocycles. The normalized spacial score (nSPS) is 10.4. The minimum atomic E-state index is 0.652. The molecule has 84 valence electrons. The Kier molecular flexibility index (Phi) is 3.19. The Morgan fingerprint density at radius 1 is 1.44 bits per heavy atom. The average molecular weight is 217 g/mol. The zero-order valence-corrected chi connectivity index (χ0v) is 9.53. The van der Waals surface area contributed by atoms with E-state index in [2.05, 4.69) is 22.2 Å². The molecule has 0 aliphatic carbocycles. The quantitative estimate of drug-likeness (QED) is 0.855. The van der Waals surface area contributed by atoms with E-state index in [1.165, 1.54) is 0 Å². The van der Waals surface area contributed by atoms with Crippen molar-refractivity contribution in [2.75, 3.05) is 11.9 Å². The molecule has 0 bridgehead atoms. The van der Waals surface area contributed by atoms with Crippen LogP contribution in [0.3, 0.4) is 0 Å². The maximum absolute atomic E-state index is 5.34. The number of aromatic nitrogens is 2. The van der Waals surface area contributed by atoms with E-state index < -0.39 is 0 Å². The van der Waals surface area contributed by atoms with E-state index in [9.17, 15) is 0 Å². The Balaban J connectivity index is 2.30. The molecule has 0 radical (unpaired) electrons. The fourth-order valence-electron chi connectivity index (χ4n) is 1.43. The third-order valence-electron chi connectivity index (χ3n) is 2.26. The van der Waals surface area contributed by atoms with Gasteiger partial charge >= 0.3 is 0 Å². The molecule has 0 aliphatic rings. The summed E-state index contributed by atoms with van der Waals surface area (Å²) >= 11 is 0. The summed E-state index contributed by atoms with van der Waals surface area (Å²) in [5, 5.41) is 3.16. The molecule has 0 spiro atoms. The molecule has 2 aromatic rings. The van der Waals surface area contributed by atoms with Crippen LogP contribution in [0.4, 0.5) is 5.95 Å². The minimum Gasteiger partial charge on any atom is -0.463 e. The molecule has 2 heterocycles. The highest BCUT2D eigenvalue weighted by Crippen LogP contribution is 2.21. The number of rotatable bonds is 4. The van der Waals surface area contributed by atoms with E-state index in [0.717, 1.165) is 30.0 Å². The number of furan rings is 1. The average Bonchev–Trinajstić information content (AvgIpc) is 2.81. The molecule has 2 rings (SSSR count). The van der Waals surface area contributed by atoms with Gasteiger partial charge in [0, 0.05) is 12.7 Å². The Labute approximate surface area is 94.7 Å². The number of aryl methyl sites for hydroxylation is 1. The van der Waals surface area contributed by atoms with Crippen molar-refractivity contribution in [2.24, 2.45) is 0 Å². The summed E-state index contributed by atoms with van der Waals surface area (Å²) in [5.41, 5.74) is 1.86. The zero-order chi connectivity index (χ0) is 11.4. The van der Waals surface area contributed by atoms with Crippen LogP contribution < -0.4 is 5.32 Å². The summed E-state index contributed by atoms with van der Waals surface area (Å²) in [6.07, 6.45) is 4.51. The molecule has 1 N–H and O–H groups in total. The Hall–Kier alpha value is -1.84. The second kappa shape index (κ2) is 4.79. The van der Waals surface area contributed by atoms with Crippen LogP contribution in [0.1, 0.15) is 18.9 Å². The summed E-state index contributed by atoms with van der Waals surface area (Å²) in [6.45, 7) is 4.96. The van der Waals surface area contributed by atoms with Crippen molar-refractivity contribution in [3.05, 3.63) is 30.2 Å². The first-order valence-electron chi connectivity index (χ1n) is 5.42. The van der Waals surface area contributed by atoms with Gasteiger partial charge in [0.05, 0.1) is 6.26 Å². The number of nitrogens with one attached hydrogen (secondary N) is 1. The van der Waals surface area contributed by atoms with Gasteiger partial charge in [-0.15, -0.1) is 0 Å². The molecule has 0 atom stereocenters. The Morgan fingerprint density at radius 2 is 2.31 bits per heavy atom. The van der Waals surface area contributed by atoms with E-state index in [4.69, 9.17) is 4.42 Å². The van der Waals surface area contributed by atoms with Gasteiger partial charge in [-0.25, -0.2) is 9.97 Å². The highest BCUT2D eigenvalue weighted by atomic mass is 16.3. The van der Waals surface area contributed by atoms with Gasteiger partial charge in [-0.1, -0.05) is 6.92 Å². The molecule has 0 amide bonds. The number of nitrogens with zero attached hydrogens (tertiary/aromatic N) is 2. The monoisotopic (exact) mass is 217 g/mol. The van der Waals surface area contributed by atoms with Gasteiger partial charge in [0.2, 0.25) is 5.95 Å². The van der Waals surface area contributed by atoms with Crippen molar-refractivity contribution in [1.82, 2.24) is 9.97 Å². The van der Waals surface area contributed by atoms with Crippen LogP contribution >= 0.6 is 0 Å². The van der Waals surface area contributed by atoms with Crippen LogP contribution in [0.25, 0.3) is 11.5 Å². The van der Waals surface area contributed by atoms with Crippen LogP contribution in [0.15, 0.2) is 29.0 Å². The van der Waals surface area contributed by atoms with Crippen molar-refractivity contribution < 1.29 is 4.42 Å². The molecular weight excluding hydrogens is 202 g/mol. The fraction of sp³-hybridized carbons (Fsp3) is 0.333. The molecule has 0 unspecified atom stereocenters. The predicted octanol–water partition coefficient (Wildman–Crippen LogP) is 2.87. The number of hydrogen-bond acceptors (Lipinski definition) is 4. The van der Waals surface area contributed by atoms with Crippen LogP contribution in [0, 0.1) is 6.92 Å². The summed E-state index contributed by atoms with van der Waals surface area (Å²) < 4.78 is 5.34. The molecule has 0 aliphatic heterocycles. The second-order valence-electron chi connectivity index (χ2n) is 3.63. The van der Waals surface area contributed by atoms with Gasteiger partial charge in [0.1, 0.15) is 5.69 Å². The minimum absolute atomic E-state index is 0.652. The molecule has 0 saturated carbocycles. The van der Waals surface area contributed by atoms with Crippen LogP contribution in [0.2, 0.25) is 0 Å². The summed E-state index contributed by atoms with van der Waals surface area (Å²) in [4.78, 5) is 8.66. The first-order chi connectivity index (χ1) is 7.81. The summed E-state index contributed by atoms with van der Waals surface area (Å²) in [5.74, 6) is 1.43. The number of anilines is 1. The molecule has 0 saturated heterocycles.